The molecule has 2 aliphatic heterocycles. The topological polar surface area (TPSA) is 52.3 Å². The van der Waals surface area contributed by atoms with E-state index in [1.165, 1.54) is 0 Å². The zero-order valence-corrected chi connectivity index (χ0v) is 15.3. The van der Waals surface area contributed by atoms with Crippen LogP contribution in [0.3, 0.4) is 0 Å². The molecule has 0 radical (unpaired) electrons. The van der Waals surface area contributed by atoms with Gasteiger partial charge in [0.25, 0.3) is 0 Å². The van der Waals surface area contributed by atoms with Crippen LogP contribution in [0.4, 0.5) is 0 Å². The van der Waals surface area contributed by atoms with Gasteiger partial charge in [0.1, 0.15) is 18.1 Å². The fourth-order valence-electron chi connectivity index (χ4n) is 2.89. The van der Waals surface area contributed by atoms with Crippen LogP contribution in [0.25, 0.3) is 5.69 Å². The predicted octanol–water partition coefficient (Wildman–Crippen LogP) is 4.15. The van der Waals surface area contributed by atoms with E-state index < -0.39 is 0 Å². The summed E-state index contributed by atoms with van der Waals surface area (Å²) < 4.78 is 7.47. The summed E-state index contributed by atoms with van der Waals surface area (Å²) in [6.07, 6.45) is 3.87. The van der Waals surface area contributed by atoms with Crippen LogP contribution in [0.2, 0.25) is 0 Å². The van der Waals surface area contributed by atoms with Crippen LogP contribution in [-0.4, -0.2) is 27.6 Å². The van der Waals surface area contributed by atoms with Gasteiger partial charge in [-0.3, -0.25) is 9.56 Å². The molecule has 0 saturated heterocycles. The van der Waals surface area contributed by atoms with Gasteiger partial charge in [-0.2, -0.15) is 0 Å². The van der Waals surface area contributed by atoms with Crippen molar-refractivity contribution in [2.24, 2.45) is 4.99 Å². The zero-order valence-electron chi connectivity index (χ0n) is 13.7. The molecule has 126 valence electrons. The second kappa shape index (κ2) is 6.54. The molecule has 0 bridgehead atoms. The van der Waals surface area contributed by atoms with Gasteiger partial charge in [-0.15, -0.1) is 22.0 Å². The molecule has 0 atom stereocenters. The van der Waals surface area contributed by atoms with Crippen molar-refractivity contribution in [2.75, 3.05) is 7.11 Å². The van der Waals surface area contributed by atoms with E-state index >= 15 is 0 Å². The van der Waals surface area contributed by atoms with Gasteiger partial charge in [0.05, 0.1) is 18.5 Å². The Morgan fingerprint density at radius 3 is 2.92 bits per heavy atom. The third-order valence-corrected chi connectivity index (χ3v) is 5.19. The fraction of sp³-hybridized carbons (Fsp3) is 0.167. The van der Waals surface area contributed by atoms with Crippen LogP contribution in [-0.2, 0) is 6.54 Å². The Hall–Kier alpha value is -2.31. The lowest BCUT2D eigenvalue weighted by Gasteiger charge is -2.14. The molecule has 25 heavy (non-hydrogen) atoms. The summed E-state index contributed by atoms with van der Waals surface area (Å²) in [7, 11) is 1.66. The summed E-state index contributed by atoms with van der Waals surface area (Å²) >= 11 is 7.66. The number of ether oxygens (including phenoxy) is 1. The zero-order chi connectivity index (χ0) is 17.4. The summed E-state index contributed by atoms with van der Waals surface area (Å²) in [5.41, 5.74) is 3.87. The maximum atomic E-state index is 6.12. The van der Waals surface area contributed by atoms with Gasteiger partial charge in [-0.25, -0.2) is 0 Å². The normalized spacial score (nSPS) is 16.0. The molecule has 0 aliphatic carbocycles. The Labute approximate surface area is 154 Å². The Morgan fingerprint density at radius 2 is 2.08 bits per heavy atom. The van der Waals surface area contributed by atoms with E-state index in [2.05, 4.69) is 10.2 Å². The average molecular weight is 371 g/mol. The summed E-state index contributed by atoms with van der Waals surface area (Å²) in [5, 5.41) is 13.1. The summed E-state index contributed by atoms with van der Waals surface area (Å²) in [5.74, 6) is 2.44. The first-order valence-electron chi connectivity index (χ1n) is 7.71. The van der Waals surface area contributed by atoms with E-state index in [1.54, 1.807) is 18.9 Å². The molecule has 0 N–H and O–H groups in total. The first-order chi connectivity index (χ1) is 12.2. The predicted molar refractivity (Wildman–Crippen MR) is 102 cm³/mol. The molecule has 4 rings (SSSR count). The number of halogens is 1. The van der Waals surface area contributed by atoms with Crippen molar-refractivity contribution < 1.29 is 4.74 Å². The number of aryl methyl sites for hydroxylation is 1. The second-order valence-electron chi connectivity index (χ2n) is 5.59. The average Bonchev–Trinajstić information content (AvgIpc) is 2.78. The molecular weight excluding hydrogens is 356 g/mol. The minimum Gasteiger partial charge on any atom is -0.497 e. The first-order valence-corrected chi connectivity index (χ1v) is 9.03. The van der Waals surface area contributed by atoms with E-state index in [1.807, 2.05) is 52.7 Å². The lowest BCUT2D eigenvalue weighted by atomic mass is 10.0. The summed E-state index contributed by atoms with van der Waals surface area (Å²) in [4.78, 5) is 4.82. The van der Waals surface area contributed by atoms with E-state index in [4.69, 9.17) is 21.3 Å². The number of nitrogens with zero attached hydrogens (tertiary/aromatic N) is 4. The molecule has 2 aromatic rings. The Kier molecular flexibility index (Phi) is 4.23. The summed E-state index contributed by atoms with van der Waals surface area (Å²) in [6, 6.07) is 5.96. The highest BCUT2D eigenvalue weighted by molar-refractivity contribution is 8.05. The lowest BCUT2D eigenvalue weighted by Crippen LogP contribution is -2.09. The molecule has 2 aliphatic rings. The monoisotopic (exact) mass is 370 g/mol. The van der Waals surface area contributed by atoms with Crippen LogP contribution < -0.4 is 4.74 Å². The van der Waals surface area contributed by atoms with Crippen molar-refractivity contribution in [3.05, 3.63) is 69.0 Å². The van der Waals surface area contributed by atoms with Crippen molar-refractivity contribution in [2.45, 2.75) is 13.5 Å². The van der Waals surface area contributed by atoms with Crippen LogP contribution >= 0.6 is 23.4 Å². The lowest BCUT2D eigenvalue weighted by molar-refractivity contribution is 0.414. The van der Waals surface area contributed by atoms with E-state index in [0.717, 1.165) is 39.9 Å². The van der Waals surface area contributed by atoms with E-state index in [-0.39, 0.29) is 0 Å². The highest BCUT2D eigenvalue weighted by Crippen LogP contribution is 2.31. The number of fused-ring (bicyclic) bond motifs is 3. The van der Waals surface area contributed by atoms with Gasteiger partial charge in [0.15, 0.2) is 5.82 Å². The van der Waals surface area contributed by atoms with Crippen molar-refractivity contribution >= 4 is 29.1 Å². The number of allylic oxidation sites excluding steroid dienone is 4. The van der Waals surface area contributed by atoms with Crippen LogP contribution in [0.15, 0.2) is 56.8 Å². The SMILES string of the molecule is COc1ccc2c(c1)C(C1=CSC=C(Cl)C=C1)=NCc1nnc(C)n1-2. The quantitative estimate of drug-likeness (QED) is 0.796. The standard InChI is InChI=1S/C18H15ClN4OS/c1-11-21-22-17-8-20-18(12-3-4-13(19)10-25-9-12)15-7-14(24-2)5-6-16(15)23(11)17/h3-7,9-10H,8H2,1-2H3. The van der Waals surface area contributed by atoms with Gasteiger partial charge in [0.2, 0.25) is 0 Å². The third-order valence-electron chi connectivity index (χ3n) is 4.04. The largest absolute Gasteiger partial charge is 0.497 e. The van der Waals surface area contributed by atoms with Crippen molar-refractivity contribution in [3.8, 4) is 11.4 Å². The van der Waals surface area contributed by atoms with Gasteiger partial charge in [-0.05, 0) is 42.0 Å². The number of aliphatic imine (C=N–C) groups is 1. The molecule has 7 heteroatoms. The van der Waals surface area contributed by atoms with Crippen LogP contribution in [0, 0.1) is 6.92 Å². The van der Waals surface area contributed by atoms with Crippen molar-refractivity contribution in [1.82, 2.24) is 14.8 Å². The molecule has 1 aromatic heterocycles. The number of hydrogen-bond acceptors (Lipinski definition) is 5. The number of methoxy groups -OCH3 is 1. The van der Waals surface area contributed by atoms with Gasteiger partial charge < -0.3 is 4.74 Å². The number of thioether (sulfide) groups is 1. The second-order valence-corrected chi connectivity index (χ2v) is 6.77. The smallest absolute Gasteiger partial charge is 0.159 e. The number of aromatic nitrogens is 3. The van der Waals surface area contributed by atoms with E-state index in [0.29, 0.717) is 11.6 Å². The van der Waals surface area contributed by atoms with Gasteiger partial charge in [-0.1, -0.05) is 17.7 Å². The molecule has 5 nitrogen and oxygen atoms in total. The number of benzene rings is 1. The number of rotatable bonds is 2. The minimum absolute atomic E-state index is 0.462. The molecule has 0 spiro atoms. The third kappa shape index (κ3) is 2.92. The Bertz CT molecular complexity index is 971. The molecule has 1 aromatic carbocycles. The molecule has 0 unspecified atom stereocenters. The summed E-state index contributed by atoms with van der Waals surface area (Å²) in [6.45, 7) is 2.41. The van der Waals surface area contributed by atoms with E-state index in [9.17, 15) is 0 Å². The van der Waals surface area contributed by atoms with Gasteiger partial charge >= 0.3 is 0 Å². The number of hydrogen-bond donors (Lipinski definition) is 0. The molecule has 0 amide bonds. The maximum Gasteiger partial charge on any atom is 0.159 e. The van der Waals surface area contributed by atoms with Gasteiger partial charge in [0, 0.05) is 16.2 Å². The maximum absolute atomic E-state index is 6.12. The Balaban J connectivity index is 1.92. The molecule has 0 saturated carbocycles. The van der Waals surface area contributed by atoms with Crippen LogP contribution in [0.1, 0.15) is 17.2 Å². The first kappa shape index (κ1) is 16.2. The van der Waals surface area contributed by atoms with Crippen molar-refractivity contribution in [1.29, 1.82) is 0 Å². The van der Waals surface area contributed by atoms with Crippen LogP contribution in [0.5, 0.6) is 5.75 Å². The highest BCUT2D eigenvalue weighted by atomic mass is 35.5. The molecule has 0 fully saturated rings. The Morgan fingerprint density at radius 1 is 1.20 bits per heavy atom. The molecule has 3 heterocycles. The molecular formula is C18H15ClN4OS. The van der Waals surface area contributed by atoms with Crippen molar-refractivity contribution in [3.63, 3.8) is 0 Å². The fourth-order valence-corrected chi connectivity index (χ4v) is 3.72. The highest BCUT2D eigenvalue weighted by Gasteiger charge is 2.22. The minimum atomic E-state index is 0.462.